The molecular formula is C13H17N5OS. The Morgan fingerprint density at radius 2 is 2.35 bits per heavy atom. The molecule has 1 unspecified atom stereocenters. The highest BCUT2D eigenvalue weighted by Crippen LogP contribution is 2.24. The van der Waals surface area contributed by atoms with Gasteiger partial charge in [0.15, 0.2) is 0 Å². The topological polar surface area (TPSA) is 63.1 Å². The normalized spacial score (nSPS) is 19.3. The summed E-state index contributed by atoms with van der Waals surface area (Å²) in [5.41, 5.74) is 0. The molecule has 1 N–H and O–H groups in total. The van der Waals surface area contributed by atoms with E-state index in [1.54, 1.807) is 12.4 Å². The van der Waals surface area contributed by atoms with Crippen molar-refractivity contribution in [2.75, 3.05) is 19.6 Å². The first-order chi connectivity index (χ1) is 9.66. The summed E-state index contributed by atoms with van der Waals surface area (Å²) < 4.78 is 1.97. The van der Waals surface area contributed by atoms with Crippen molar-refractivity contribution in [3.05, 3.63) is 34.3 Å². The Hall–Kier alpha value is -1.73. The quantitative estimate of drug-likeness (QED) is 0.895. The van der Waals surface area contributed by atoms with Crippen LogP contribution in [0.2, 0.25) is 0 Å². The number of carbonyl (C=O) groups is 1. The molecule has 0 radical (unpaired) electrons. The molecular weight excluding hydrogens is 274 g/mol. The summed E-state index contributed by atoms with van der Waals surface area (Å²) >= 11 is 1.44. The number of hydrogen-bond acceptors (Lipinski definition) is 5. The second-order valence-corrected chi connectivity index (χ2v) is 6.09. The third-order valence-corrected chi connectivity index (χ3v) is 4.39. The van der Waals surface area contributed by atoms with Crippen LogP contribution in [0.15, 0.2) is 18.6 Å². The molecule has 1 fully saturated rings. The van der Waals surface area contributed by atoms with E-state index in [9.17, 15) is 4.79 Å². The van der Waals surface area contributed by atoms with E-state index in [0.29, 0.717) is 11.4 Å². The van der Waals surface area contributed by atoms with Gasteiger partial charge in [-0.2, -0.15) is 0 Å². The number of amides is 1. The molecule has 1 aliphatic rings. The highest BCUT2D eigenvalue weighted by atomic mass is 32.1. The molecule has 1 atom stereocenters. The SMILES string of the molecule is Cc1ncc(C(=O)N2CCNCC2c2nccn2C)s1. The molecule has 2 aromatic heterocycles. The van der Waals surface area contributed by atoms with E-state index in [4.69, 9.17) is 0 Å². The average molecular weight is 291 g/mol. The number of rotatable bonds is 2. The Balaban J connectivity index is 1.89. The summed E-state index contributed by atoms with van der Waals surface area (Å²) in [5, 5.41) is 4.25. The molecule has 0 bridgehead atoms. The number of nitrogens with one attached hydrogen (secondary N) is 1. The summed E-state index contributed by atoms with van der Waals surface area (Å²) in [5.74, 6) is 0.955. The number of aromatic nitrogens is 3. The zero-order valence-corrected chi connectivity index (χ0v) is 12.4. The molecule has 0 aliphatic carbocycles. The van der Waals surface area contributed by atoms with Crippen LogP contribution in [0.3, 0.4) is 0 Å². The average Bonchev–Trinajstić information content (AvgIpc) is 3.07. The first kappa shape index (κ1) is 13.3. The lowest BCUT2D eigenvalue weighted by atomic mass is 10.1. The van der Waals surface area contributed by atoms with Gasteiger partial charge >= 0.3 is 0 Å². The smallest absolute Gasteiger partial charge is 0.266 e. The highest BCUT2D eigenvalue weighted by Gasteiger charge is 2.31. The summed E-state index contributed by atoms with van der Waals surface area (Å²) in [6, 6.07) is -0.0290. The maximum absolute atomic E-state index is 12.7. The van der Waals surface area contributed by atoms with Crippen molar-refractivity contribution < 1.29 is 4.79 Å². The fourth-order valence-electron chi connectivity index (χ4n) is 2.48. The molecule has 1 saturated heterocycles. The molecule has 1 amide bonds. The van der Waals surface area contributed by atoms with Gasteiger partial charge in [-0.25, -0.2) is 9.97 Å². The van der Waals surface area contributed by atoms with Gasteiger partial charge in [-0.05, 0) is 6.92 Å². The molecule has 1 aliphatic heterocycles. The number of nitrogens with zero attached hydrogens (tertiary/aromatic N) is 4. The predicted octanol–water partition coefficient (Wildman–Crippen LogP) is 0.972. The number of piperazine rings is 1. The van der Waals surface area contributed by atoms with Crippen LogP contribution >= 0.6 is 11.3 Å². The Labute approximate surface area is 121 Å². The minimum atomic E-state index is -0.0290. The fourth-order valence-corrected chi connectivity index (χ4v) is 3.21. The number of hydrogen-bond donors (Lipinski definition) is 1. The molecule has 0 spiro atoms. The molecule has 0 saturated carbocycles. The van der Waals surface area contributed by atoms with Gasteiger partial charge in [-0.1, -0.05) is 0 Å². The maximum atomic E-state index is 12.7. The summed E-state index contributed by atoms with van der Waals surface area (Å²) in [6.45, 7) is 4.14. The van der Waals surface area contributed by atoms with Gasteiger partial charge in [0, 0.05) is 39.1 Å². The van der Waals surface area contributed by atoms with Crippen molar-refractivity contribution in [1.29, 1.82) is 0 Å². The first-order valence-electron chi connectivity index (χ1n) is 6.58. The Morgan fingerprint density at radius 3 is 3.00 bits per heavy atom. The maximum Gasteiger partial charge on any atom is 0.266 e. The van der Waals surface area contributed by atoms with E-state index in [2.05, 4.69) is 15.3 Å². The van der Waals surface area contributed by atoms with Gasteiger partial charge < -0.3 is 14.8 Å². The van der Waals surface area contributed by atoms with Crippen molar-refractivity contribution in [2.45, 2.75) is 13.0 Å². The van der Waals surface area contributed by atoms with Gasteiger partial charge in [-0.15, -0.1) is 11.3 Å². The van der Waals surface area contributed by atoms with Crippen molar-refractivity contribution in [3.63, 3.8) is 0 Å². The molecule has 20 heavy (non-hydrogen) atoms. The number of aryl methyl sites for hydroxylation is 2. The van der Waals surface area contributed by atoms with E-state index in [1.165, 1.54) is 11.3 Å². The molecule has 106 valence electrons. The van der Waals surface area contributed by atoms with E-state index in [1.807, 2.05) is 29.6 Å². The standard InChI is InChI=1S/C13H17N5OS/c1-9-16-8-11(20-9)13(19)18-6-3-14-7-10(18)12-15-4-5-17(12)2/h4-5,8,10,14H,3,6-7H2,1-2H3. The molecule has 3 heterocycles. The molecule has 2 aromatic rings. The number of thiazole rings is 1. The third-order valence-electron chi connectivity index (χ3n) is 3.49. The summed E-state index contributed by atoms with van der Waals surface area (Å²) in [4.78, 5) is 23.8. The summed E-state index contributed by atoms with van der Waals surface area (Å²) in [7, 11) is 1.95. The van der Waals surface area contributed by atoms with Crippen molar-refractivity contribution in [1.82, 2.24) is 24.8 Å². The fraction of sp³-hybridized carbons (Fsp3) is 0.462. The Kier molecular flexibility index (Phi) is 3.54. The Bertz CT molecular complexity index is 620. The van der Waals surface area contributed by atoms with E-state index < -0.39 is 0 Å². The second kappa shape index (κ2) is 5.34. The van der Waals surface area contributed by atoms with E-state index in [-0.39, 0.29) is 11.9 Å². The van der Waals surface area contributed by atoms with Crippen LogP contribution in [0.1, 0.15) is 26.5 Å². The lowest BCUT2D eigenvalue weighted by Gasteiger charge is -2.35. The van der Waals surface area contributed by atoms with Crippen LogP contribution in [0.4, 0.5) is 0 Å². The van der Waals surface area contributed by atoms with Gasteiger partial charge in [0.25, 0.3) is 5.91 Å². The zero-order chi connectivity index (χ0) is 14.1. The lowest BCUT2D eigenvalue weighted by molar-refractivity contribution is 0.0625. The minimum Gasteiger partial charge on any atom is -0.336 e. The Morgan fingerprint density at radius 1 is 1.50 bits per heavy atom. The first-order valence-corrected chi connectivity index (χ1v) is 7.40. The van der Waals surface area contributed by atoms with Gasteiger partial charge in [0.1, 0.15) is 16.7 Å². The van der Waals surface area contributed by atoms with E-state index >= 15 is 0 Å². The second-order valence-electron chi connectivity index (χ2n) is 4.86. The largest absolute Gasteiger partial charge is 0.336 e. The summed E-state index contributed by atoms with van der Waals surface area (Å²) in [6.07, 6.45) is 5.34. The zero-order valence-electron chi connectivity index (χ0n) is 11.5. The van der Waals surface area contributed by atoms with Crippen LogP contribution in [0.25, 0.3) is 0 Å². The van der Waals surface area contributed by atoms with E-state index in [0.717, 1.165) is 23.9 Å². The monoisotopic (exact) mass is 291 g/mol. The minimum absolute atomic E-state index is 0.0290. The molecule has 7 heteroatoms. The van der Waals surface area contributed by atoms with Crippen LogP contribution in [-0.2, 0) is 7.05 Å². The van der Waals surface area contributed by atoms with Gasteiger partial charge in [0.2, 0.25) is 0 Å². The third kappa shape index (κ3) is 2.34. The van der Waals surface area contributed by atoms with Crippen molar-refractivity contribution >= 4 is 17.2 Å². The van der Waals surface area contributed by atoms with Crippen LogP contribution in [-0.4, -0.2) is 45.0 Å². The van der Waals surface area contributed by atoms with Gasteiger partial charge in [-0.3, -0.25) is 4.79 Å². The van der Waals surface area contributed by atoms with Crippen molar-refractivity contribution in [3.8, 4) is 0 Å². The van der Waals surface area contributed by atoms with Crippen molar-refractivity contribution in [2.24, 2.45) is 7.05 Å². The van der Waals surface area contributed by atoms with Crippen LogP contribution in [0, 0.1) is 6.92 Å². The molecule has 3 rings (SSSR count). The number of carbonyl (C=O) groups excluding carboxylic acids is 1. The molecule has 0 aromatic carbocycles. The predicted molar refractivity (Wildman–Crippen MR) is 76.7 cm³/mol. The molecule has 6 nitrogen and oxygen atoms in total. The van der Waals surface area contributed by atoms with Gasteiger partial charge in [0.05, 0.1) is 11.2 Å². The van der Waals surface area contributed by atoms with Crippen LogP contribution < -0.4 is 5.32 Å². The lowest BCUT2D eigenvalue weighted by Crippen LogP contribution is -2.49. The number of imidazole rings is 1. The van der Waals surface area contributed by atoms with Crippen LogP contribution in [0.5, 0.6) is 0 Å². The highest BCUT2D eigenvalue weighted by molar-refractivity contribution is 7.13.